The minimum absolute atomic E-state index is 0.256. The van der Waals surface area contributed by atoms with Gasteiger partial charge in [0.2, 0.25) is 0 Å². The first-order valence-corrected chi connectivity index (χ1v) is 6.31. The van der Waals surface area contributed by atoms with Gasteiger partial charge in [-0.1, -0.05) is 11.6 Å². The molecule has 5 nitrogen and oxygen atoms in total. The van der Waals surface area contributed by atoms with E-state index >= 15 is 0 Å². The van der Waals surface area contributed by atoms with E-state index in [9.17, 15) is 9.59 Å². The van der Waals surface area contributed by atoms with Crippen LogP contribution in [0.4, 0.5) is 0 Å². The van der Waals surface area contributed by atoms with E-state index in [4.69, 9.17) is 16.7 Å². The lowest BCUT2D eigenvalue weighted by molar-refractivity contribution is -0.141. The minimum atomic E-state index is -0.943. The van der Waals surface area contributed by atoms with Crippen molar-refractivity contribution in [3.63, 3.8) is 0 Å². The van der Waals surface area contributed by atoms with Crippen LogP contribution in [0.5, 0.6) is 0 Å². The molecule has 1 amide bonds. The summed E-state index contributed by atoms with van der Waals surface area (Å²) in [6, 6.07) is 0.876. The molecular formula is C12H15ClN2O3. The molecule has 0 radical (unpaired) electrons. The number of carboxylic acids is 1. The van der Waals surface area contributed by atoms with E-state index in [1.54, 1.807) is 16.8 Å². The van der Waals surface area contributed by atoms with Gasteiger partial charge in [0.1, 0.15) is 11.7 Å². The number of carbonyl (C=O) groups is 2. The van der Waals surface area contributed by atoms with E-state index in [0.29, 0.717) is 30.2 Å². The fourth-order valence-corrected chi connectivity index (χ4v) is 2.55. The molecular weight excluding hydrogens is 256 g/mol. The van der Waals surface area contributed by atoms with Gasteiger partial charge in [-0.05, 0) is 25.8 Å². The van der Waals surface area contributed by atoms with Gasteiger partial charge in [-0.25, -0.2) is 4.79 Å². The molecule has 0 aromatic carbocycles. The molecule has 1 aliphatic heterocycles. The van der Waals surface area contributed by atoms with E-state index in [-0.39, 0.29) is 5.91 Å². The number of aromatic nitrogens is 1. The van der Waals surface area contributed by atoms with E-state index in [2.05, 4.69) is 0 Å². The third-order valence-electron chi connectivity index (χ3n) is 3.22. The molecule has 0 unspecified atom stereocenters. The van der Waals surface area contributed by atoms with Gasteiger partial charge in [0.25, 0.3) is 5.91 Å². The van der Waals surface area contributed by atoms with E-state index in [1.807, 2.05) is 6.92 Å². The maximum Gasteiger partial charge on any atom is 0.326 e. The lowest BCUT2D eigenvalue weighted by atomic mass is 10.2. The van der Waals surface area contributed by atoms with Crippen LogP contribution in [0.2, 0.25) is 5.02 Å². The van der Waals surface area contributed by atoms with Crippen molar-refractivity contribution in [3.05, 3.63) is 23.0 Å². The highest BCUT2D eigenvalue weighted by molar-refractivity contribution is 6.31. The monoisotopic (exact) mass is 270 g/mol. The third-order valence-corrected chi connectivity index (χ3v) is 3.43. The summed E-state index contributed by atoms with van der Waals surface area (Å²) in [7, 11) is 0. The number of nitrogens with zero attached hydrogens (tertiary/aromatic N) is 2. The topological polar surface area (TPSA) is 62.5 Å². The Labute approximate surface area is 110 Å². The zero-order chi connectivity index (χ0) is 13.3. The zero-order valence-corrected chi connectivity index (χ0v) is 10.9. The number of amides is 1. The number of aryl methyl sites for hydroxylation is 1. The van der Waals surface area contributed by atoms with Gasteiger partial charge in [0.05, 0.1) is 5.02 Å². The summed E-state index contributed by atoms with van der Waals surface area (Å²) in [5, 5.41) is 9.58. The van der Waals surface area contributed by atoms with Crippen molar-refractivity contribution >= 4 is 23.5 Å². The van der Waals surface area contributed by atoms with Crippen molar-refractivity contribution in [1.29, 1.82) is 0 Å². The quantitative estimate of drug-likeness (QED) is 0.912. The number of likely N-dealkylation sites (tertiary alicyclic amines) is 1. The second kappa shape index (κ2) is 5.02. The van der Waals surface area contributed by atoms with Gasteiger partial charge >= 0.3 is 5.97 Å². The van der Waals surface area contributed by atoms with E-state index in [0.717, 1.165) is 6.42 Å². The van der Waals surface area contributed by atoms with Crippen molar-refractivity contribution in [2.75, 3.05) is 6.54 Å². The van der Waals surface area contributed by atoms with Crippen LogP contribution < -0.4 is 0 Å². The lowest BCUT2D eigenvalue weighted by Gasteiger charge is -2.21. The first kappa shape index (κ1) is 13.0. The Kier molecular flexibility index (Phi) is 3.61. The van der Waals surface area contributed by atoms with Gasteiger partial charge < -0.3 is 14.6 Å². The van der Waals surface area contributed by atoms with Gasteiger partial charge in [-0.2, -0.15) is 0 Å². The fraction of sp³-hybridized carbons (Fsp3) is 0.500. The summed E-state index contributed by atoms with van der Waals surface area (Å²) in [6.45, 7) is 3.02. The zero-order valence-electron chi connectivity index (χ0n) is 10.1. The van der Waals surface area contributed by atoms with Crippen LogP contribution in [0.3, 0.4) is 0 Å². The van der Waals surface area contributed by atoms with Crippen molar-refractivity contribution < 1.29 is 14.7 Å². The molecule has 98 valence electrons. The molecule has 1 fully saturated rings. The Hall–Kier alpha value is -1.49. The molecule has 1 saturated heterocycles. The Balaban J connectivity index is 2.27. The summed E-state index contributed by atoms with van der Waals surface area (Å²) in [5.41, 5.74) is 0.454. The number of hydrogen-bond donors (Lipinski definition) is 1. The molecule has 0 bridgehead atoms. The summed E-state index contributed by atoms with van der Waals surface area (Å²) in [4.78, 5) is 24.8. The molecule has 6 heteroatoms. The molecule has 1 aromatic rings. The maximum absolute atomic E-state index is 12.3. The van der Waals surface area contributed by atoms with Crippen LogP contribution >= 0.6 is 11.6 Å². The van der Waals surface area contributed by atoms with Crippen LogP contribution in [0.1, 0.15) is 30.3 Å². The Morgan fingerprint density at radius 1 is 1.56 bits per heavy atom. The summed E-state index contributed by atoms with van der Waals surface area (Å²) < 4.78 is 1.74. The second-order valence-corrected chi connectivity index (χ2v) is 4.76. The predicted octanol–water partition coefficient (Wildman–Crippen LogP) is 1.85. The predicted molar refractivity (Wildman–Crippen MR) is 66.8 cm³/mol. The smallest absolute Gasteiger partial charge is 0.326 e. The van der Waals surface area contributed by atoms with Crippen LogP contribution in [-0.4, -0.2) is 39.0 Å². The summed E-state index contributed by atoms with van der Waals surface area (Å²) in [5.74, 6) is -1.20. The van der Waals surface area contributed by atoms with Crippen molar-refractivity contribution in [2.45, 2.75) is 32.4 Å². The number of carboxylic acid groups (broad SMARTS) is 1. The summed E-state index contributed by atoms with van der Waals surface area (Å²) >= 11 is 5.89. The third kappa shape index (κ3) is 2.22. The maximum atomic E-state index is 12.3. The number of rotatable bonds is 3. The average Bonchev–Trinajstić information content (AvgIpc) is 2.93. The van der Waals surface area contributed by atoms with Crippen LogP contribution in [0.15, 0.2) is 12.3 Å². The molecule has 1 aromatic heterocycles. The number of aliphatic carboxylic acids is 1. The van der Waals surface area contributed by atoms with Gasteiger partial charge in [0, 0.05) is 19.3 Å². The number of halogens is 1. The van der Waals surface area contributed by atoms with Gasteiger partial charge in [-0.15, -0.1) is 0 Å². The van der Waals surface area contributed by atoms with Crippen molar-refractivity contribution in [1.82, 2.24) is 9.47 Å². The molecule has 2 heterocycles. The summed E-state index contributed by atoms with van der Waals surface area (Å²) in [6.07, 6.45) is 2.92. The highest BCUT2D eigenvalue weighted by atomic mass is 35.5. The Morgan fingerprint density at radius 3 is 2.89 bits per heavy atom. The van der Waals surface area contributed by atoms with Crippen LogP contribution in [0.25, 0.3) is 0 Å². The SMILES string of the molecule is CCn1cc(Cl)cc1C(=O)N1CCC[C@H]1C(=O)O. The van der Waals surface area contributed by atoms with Crippen LogP contribution in [-0.2, 0) is 11.3 Å². The molecule has 0 saturated carbocycles. The normalized spacial score (nSPS) is 19.2. The first-order chi connectivity index (χ1) is 8.54. The fourth-order valence-electron chi connectivity index (χ4n) is 2.33. The Bertz CT molecular complexity index is 484. The molecule has 2 rings (SSSR count). The highest BCUT2D eigenvalue weighted by Crippen LogP contribution is 2.22. The van der Waals surface area contributed by atoms with Crippen LogP contribution in [0, 0.1) is 0 Å². The number of carbonyl (C=O) groups excluding carboxylic acids is 1. The molecule has 1 N–H and O–H groups in total. The van der Waals surface area contributed by atoms with E-state index < -0.39 is 12.0 Å². The molecule has 1 atom stereocenters. The molecule has 18 heavy (non-hydrogen) atoms. The first-order valence-electron chi connectivity index (χ1n) is 5.94. The Morgan fingerprint density at radius 2 is 2.28 bits per heavy atom. The van der Waals surface area contributed by atoms with Gasteiger partial charge in [0.15, 0.2) is 0 Å². The molecule has 1 aliphatic rings. The average molecular weight is 271 g/mol. The van der Waals surface area contributed by atoms with Crippen molar-refractivity contribution in [2.24, 2.45) is 0 Å². The number of hydrogen-bond acceptors (Lipinski definition) is 2. The van der Waals surface area contributed by atoms with E-state index in [1.165, 1.54) is 4.90 Å². The van der Waals surface area contributed by atoms with Crippen molar-refractivity contribution in [3.8, 4) is 0 Å². The molecule has 0 aliphatic carbocycles. The second-order valence-electron chi connectivity index (χ2n) is 4.32. The highest BCUT2D eigenvalue weighted by Gasteiger charge is 2.35. The largest absolute Gasteiger partial charge is 0.480 e. The standard InChI is InChI=1S/C12H15ClN2O3/c1-2-14-7-8(13)6-10(14)11(16)15-5-3-4-9(15)12(17)18/h6-7,9H,2-5H2,1H3,(H,17,18)/t9-/m0/s1. The molecule has 0 spiro atoms. The lowest BCUT2D eigenvalue weighted by Crippen LogP contribution is -2.41. The van der Waals surface area contributed by atoms with Gasteiger partial charge in [-0.3, -0.25) is 4.79 Å². The minimum Gasteiger partial charge on any atom is -0.480 e.